The highest BCUT2D eigenvalue weighted by Gasteiger charge is 2.09. The van der Waals surface area contributed by atoms with Crippen molar-refractivity contribution in [2.24, 2.45) is 0 Å². The van der Waals surface area contributed by atoms with Crippen molar-refractivity contribution in [2.45, 2.75) is 156 Å². The van der Waals surface area contributed by atoms with Crippen LogP contribution in [-0.2, 0) is 0 Å². The Balaban J connectivity index is 0. The van der Waals surface area contributed by atoms with Gasteiger partial charge in [-0.1, -0.05) is 122 Å². The van der Waals surface area contributed by atoms with Gasteiger partial charge >= 0.3 is 0 Å². The van der Waals surface area contributed by atoms with Crippen LogP contribution in [0.4, 0.5) is 0 Å². The van der Waals surface area contributed by atoms with Crippen molar-refractivity contribution >= 4 is 29.2 Å². The number of thiol groups is 1. The zero-order valence-electron chi connectivity index (χ0n) is 23.1. The molecule has 0 aliphatic carbocycles. The first-order valence-corrected chi connectivity index (χ1v) is 14.8. The third kappa shape index (κ3) is 24.8. The van der Waals surface area contributed by atoms with Gasteiger partial charge in [-0.05, 0) is 40.7 Å². The van der Waals surface area contributed by atoms with E-state index in [1.807, 2.05) is 7.05 Å². The summed E-state index contributed by atoms with van der Waals surface area (Å²) in [5.41, 5.74) is 0. The number of unbranched alkanes of at least 4 members (excludes halogenated alkanes) is 15. The second-order valence-corrected chi connectivity index (χ2v) is 11.1. The molecule has 0 aliphatic heterocycles. The monoisotopic (exact) mass is 488 g/mol. The van der Waals surface area contributed by atoms with E-state index in [2.05, 4.69) is 64.0 Å². The maximum Gasteiger partial charge on any atom is 0.133 e. The molecule has 0 bridgehead atoms. The summed E-state index contributed by atoms with van der Waals surface area (Å²) >= 11 is 9.20. The van der Waals surface area contributed by atoms with E-state index in [4.69, 9.17) is 12.2 Å². The lowest BCUT2D eigenvalue weighted by molar-refractivity contribution is 0.185. The van der Waals surface area contributed by atoms with E-state index >= 15 is 0 Å². The Hall–Kier alpha value is 0.200. The molecule has 2 nitrogen and oxygen atoms in total. The Labute approximate surface area is 215 Å². The van der Waals surface area contributed by atoms with Gasteiger partial charge in [-0.3, -0.25) is 4.90 Å². The number of hydrogen-bond donors (Lipinski definition) is 1. The Morgan fingerprint density at radius 2 is 0.938 bits per heavy atom. The van der Waals surface area contributed by atoms with Gasteiger partial charge in [-0.2, -0.15) is 0 Å². The van der Waals surface area contributed by atoms with Crippen molar-refractivity contribution in [2.75, 3.05) is 20.1 Å². The Kier molecular flexibility index (Phi) is 27.7. The van der Waals surface area contributed by atoms with Crippen LogP contribution in [0.25, 0.3) is 0 Å². The molecule has 0 rings (SSSR count). The molecule has 0 fully saturated rings. The van der Waals surface area contributed by atoms with E-state index in [9.17, 15) is 0 Å². The molecule has 0 aromatic carbocycles. The van der Waals surface area contributed by atoms with Crippen LogP contribution >= 0.6 is 24.8 Å². The summed E-state index contributed by atoms with van der Waals surface area (Å²) < 4.78 is 0.714. The number of nitrogens with zero attached hydrogens (tertiary/aromatic N) is 2. The maximum atomic E-state index is 5.02. The molecule has 0 N–H and O–H groups in total. The van der Waals surface area contributed by atoms with Crippen molar-refractivity contribution < 1.29 is 0 Å². The molecule has 194 valence electrons. The highest BCUT2D eigenvalue weighted by atomic mass is 32.1. The minimum absolute atomic E-state index is 0.690. The molecule has 0 aliphatic rings. The lowest BCUT2D eigenvalue weighted by Gasteiger charge is -2.28. The molecule has 0 aromatic rings. The van der Waals surface area contributed by atoms with Gasteiger partial charge in [0.05, 0.1) is 0 Å². The first-order chi connectivity index (χ1) is 15.3. The third-order valence-corrected chi connectivity index (χ3v) is 7.02. The summed E-state index contributed by atoms with van der Waals surface area (Å²) in [4.78, 5) is 4.52. The van der Waals surface area contributed by atoms with Gasteiger partial charge < -0.3 is 4.90 Å². The van der Waals surface area contributed by atoms with Crippen LogP contribution in [0, 0.1) is 0 Å². The van der Waals surface area contributed by atoms with Crippen molar-refractivity contribution in [1.29, 1.82) is 0 Å². The van der Waals surface area contributed by atoms with E-state index < -0.39 is 0 Å². The lowest BCUT2D eigenvalue weighted by Crippen LogP contribution is -2.36. The quantitative estimate of drug-likeness (QED) is 0.104. The largest absolute Gasteiger partial charge is 0.361 e. The number of thiocarbonyl (C=S) groups is 1. The zero-order valence-corrected chi connectivity index (χ0v) is 24.8. The van der Waals surface area contributed by atoms with Gasteiger partial charge in [0.2, 0.25) is 0 Å². The average Bonchev–Trinajstić information content (AvgIpc) is 2.73. The fourth-order valence-corrected chi connectivity index (χ4v) is 4.51. The molecule has 32 heavy (non-hydrogen) atoms. The second-order valence-electron chi connectivity index (χ2n) is 10.0. The van der Waals surface area contributed by atoms with E-state index in [-0.39, 0.29) is 0 Å². The van der Waals surface area contributed by atoms with Gasteiger partial charge in [0.15, 0.2) is 0 Å². The highest BCUT2D eigenvalue weighted by Crippen LogP contribution is 2.13. The molecular weight excluding hydrogens is 428 g/mol. The highest BCUT2D eigenvalue weighted by molar-refractivity contribution is 8.10. The van der Waals surface area contributed by atoms with Crippen LogP contribution in [0.2, 0.25) is 0 Å². The number of hydrogen-bond acceptors (Lipinski definition) is 2. The third-order valence-electron chi connectivity index (χ3n) is 6.37. The van der Waals surface area contributed by atoms with Crippen LogP contribution in [0.5, 0.6) is 0 Å². The minimum atomic E-state index is 0.690. The van der Waals surface area contributed by atoms with Crippen molar-refractivity contribution in [1.82, 2.24) is 9.80 Å². The van der Waals surface area contributed by atoms with Gasteiger partial charge in [0, 0.05) is 25.7 Å². The van der Waals surface area contributed by atoms with Crippen LogP contribution in [-0.4, -0.2) is 46.3 Å². The predicted molar refractivity (Wildman–Crippen MR) is 156 cm³/mol. The summed E-state index contributed by atoms with van der Waals surface area (Å²) in [6.45, 7) is 15.7. The molecule has 0 unspecified atom stereocenters. The molecular formula is C28H60N2S2. The Morgan fingerprint density at radius 3 is 1.16 bits per heavy atom. The van der Waals surface area contributed by atoms with Crippen LogP contribution in [0.3, 0.4) is 0 Å². The van der Waals surface area contributed by atoms with Gasteiger partial charge in [0.1, 0.15) is 4.32 Å². The van der Waals surface area contributed by atoms with Gasteiger partial charge in [-0.15, -0.1) is 12.6 Å². The van der Waals surface area contributed by atoms with Gasteiger partial charge in [0.25, 0.3) is 0 Å². The van der Waals surface area contributed by atoms with Crippen molar-refractivity contribution in [3.63, 3.8) is 0 Å². The lowest BCUT2D eigenvalue weighted by atomic mass is 10.0. The smallest absolute Gasteiger partial charge is 0.133 e. The summed E-state index contributed by atoms with van der Waals surface area (Å²) in [5.74, 6) is 0. The molecule has 0 saturated heterocycles. The molecule has 4 heteroatoms. The zero-order chi connectivity index (χ0) is 24.6. The molecule has 0 amide bonds. The minimum Gasteiger partial charge on any atom is -0.361 e. The molecule has 0 atom stereocenters. The summed E-state index contributed by atoms with van der Waals surface area (Å²) in [6, 6.07) is 1.38. The molecule has 0 saturated carbocycles. The fraction of sp³-hybridized carbons (Fsp3) is 0.964. The fourth-order valence-electron chi connectivity index (χ4n) is 4.32. The average molecular weight is 489 g/mol. The summed E-state index contributed by atoms with van der Waals surface area (Å²) in [7, 11) is 2.03. The maximum absolute atomic E-state index is 5.02. The summed E-state index contributed by atoms with van der Waals surface area (Å²) in [5, 5.41) is 0. The first kappa shape index (κ1) is 34.4. The van der Waals surface area contributed by atoms with Gasteiger partial charge in [-0.25, -0.2) is 0 Å². The summed E-state index contributed by atoms with van der Waals surface area (Å²) in [6.07, 6.45) is 22.7. The molecule has 0 aromatic heterocycles. The Morgan fingerprint density at radius 1 is 0.625 bits per heavy atom. The van der Waals surface area contributed by atoms with E-state index in [1.165, 1.54) is 103 Å². The van der Waals surface area contributed by atoms with Crippen molar-refractivity contribution in [3.8, 4) is 0 Å². The SMILES string of the molecule is CCCCCCCCCCCCCCCCCCN(C)C(=S)S.CCN(C(C)C)C(C)C. The van der Waals surface area contributed by atoms with Crippen molar-refractivity contribution in [3.05, 3.63) is 0 Å². The first-order valence-electron chi connectivity index (χ1n) is 14.0. The van der Waals surface area contributed by atoms with Crippen LogP contribution in [0.1, 0.15) is 144 Å². The standard InChI is InChI=1S/C20H41NS2.C8H19N/c1-3-4-5-6-7-8-9-10-11-12-13-14-15-16-17-18-19-21(2)20(22)23;1-6-9(7(2)3)8(4)5/h3-19H2,1-2H3,(H,22,23);7-8H,6H2,1-5H3. The number of rotatable bonds is 20. The van der Waals surface area contributed by atoms with E-state index in [0.717, 1.165) is 13.1 Å². The van der Waals surface area contributed by atoms with E-state index in [0.29, 0.717) is 16.4 Å². The molecule has 0 radical (unpaired) electrons. The predicted octanol–water partition coefficient (Wildman–Crippen LogP) is 9.52. The molecule has 0 heterocycles. The molecule has 0 spiro atoms. The Bertz CT molecular complexity index is 378. The van der Waals surface area contributed by atoms with Crippen LogP contribution < -0.4 is 0 Å². The topological polar surface area (TPSA) is 6.48 Å². The second kappa shape index (κ2) is 25.8. The van der Waals surface area contributed by atoms with E-state index in [1.54, 1.807) is 0 Å². The normalized spacial score (nSPS) is 11.2. The van der Waals surface area contributed by atoms with Crippen LogP contribution in [0.15, 0.2) is 0 Å².